The lowest BCUT2D eigenvalue weighted by Gasteiger charge is -2.20. The minimum Gasteiger partial charge on any atom is -0.504 e. The Kier molecular flexibility index (Phi) is 4.12. The van der Waals surface area contributed by atoms with E-state index in [0.717, 1.165) is 30.3 Å². The van der Waals surface area contributed by atoms with E-state index in [1.54, 1.807) is 12.1 Å². The van der Waals surface area contributed by atoms with Gasteiger partial charge in [-0.05, 0) is 30.3 Å². The molecule has 0 radical (unpaired) electrons. The van der Waals surface area contributed by atoms with E-state index >= 15 is 0 Å². The van der Waals surface area contributed by atoms with E-state index in [9.17, 15) is 32.6 Å². The molecule has 7 nitrogen and oxygen atoms in total. The van der Waals surface area contributed by atoms with Gasteiger partial charge in [-0.25, -0.2) is 12.8 Å². The number of ketones is 2. The average molecular weight is 413 g/mol. The van der Waals surface area contributed by atoms with E-state index < -0.39 is 50.2 Å². The summed E-state index contributed by atoms with van der Waals surface area (Å²) in [6.07, 6.45) is 0. The fourth-order valence-electron chi connectivity index (χ4n) is 3.12. The molecule has 4 rings (SSSR count). The van der Waals surface area contributed by atoms with Crippen molar-refractivity contribution in [1.82, 2.24) is 0 Å². The van der Waals surface area contributed by atoms with Crippen LogP contribution in [-0.4, -0.2) is 30.2 Å². The molecule has 0 fully saturated rings. The summed E-state index contributed by atoms with van der Waals surface area (Å²) >= 11 is 0. The number of rotatable bonds is 3. The number of sulfonamides is 1. The molecule has 0 amide bonds. The van der Waals surface area contributed by atoms with Gasteiger partial charge in [0.2, 0.25) is 0 Å². The van der Waals surface area contributed by atoms with Gasteiger partial charge >= 0.3 is 0 Å². The van der Waals surface area contributed by atoms with Crippen molar-refractivity contribution in [2.24, 2.45) is 0 Å². The van der Waals surface area contributed by atoms with Crippen molar-refractivity contribution in [3.8, 4) is 11.5 Å². The molecule has 1 aliphatic carbocycles. The highest BCUT2D eigenvalue weighted by atomic mass is 32.2. The second kappa shape index (κ2) is 6.42. The maximum Gasteiger partial charge on any atom is 0.262 e. The highest BCUT2D eigenvalue weighted by Gasteiger charge is 2.35. The summed E-state index contributed by atoms with van der Waals surface area (Å²) in [5, 5.41) is 20.6. The van der Waals surface area contributed by atoms with Crippen LogP contribution in [0.25, 0.3) is 0 Å². The smallest absolute Gasteiger partial charge is 0.262 e. The first-order chi connectivity index (χ1) is 13.7. The van der Waals surface area contributed by atoms with Crippen LogP contribution in [0.3, 0.4) is 0 Å². The molecule has 0 heterocycles. The minimum absolute atomic E-state index is 0.0688. The van der Waals surface area contributed by atoms with Crippen molar-refractivity contribution in [1.29, 1.82) is 0 Å². The van der Waals surface area contributed by atoms with Gasteiger partial charge in [0.25, 0.3) is 10.0 Å². The van der Waals surface area contributed by atoms with Crippen molar-refractivity contribution in [3.63, 3.8) is 0 Å². The predicted octanol–water partition coefficient (Wildman–Crippen LogP) is 2.81. The van der Waals surface area contributed by atoms with Crippen LogP contribution in [0.2, 0.25) is 0 Å². The number of aromatic hydroxyl groups is 2. The first-order valence-electron chi connectivity index (χ1n) is 8.26. The van der Waals surface area contributed by atoms with Gasteiger partial charge in [0.1, 0.15) is 5.82 Å². The van der Waals surface area contributed by atoms with Crippen molar-refractivity contribution < 1.29 is 32.6 Å². The van der Waals surface area contributed by atoms with E-state index in [4.69, 9.17) is 0 Å². The molecule has 0 saturated carbocycles. The lowest BCUT2D eigenvalue weighted by atomic mass is 9.83. The number of phenolic OH excluding ortho intramolecular Hbond substituents is 2. The van der Waals surface area contributed by atoms with Crippen LogP contribution in [0, 0.1) is 5.82 Å². The number of fused-ring (bicyclic) bond motifs is 2. The van der Waals surface area contributed by atoms with Gasteiger partial charge in [-0.1, -0.05) is 24.3 Å². The predicted molar refractivity (Wildman–Crippen MR) is 100 cm³/mol. The molecule has 29 heavy (non-hydrogen) atoms. The lowest BCUT2D eigenvalue weighted by Crippen LogP contribution is -2.22. The SMILES string of the molecule is O=C1c2ccccc2C(=O)c2c1cc(NS(=O)(=O)c1ccc(F)cc1)c(O)c2O. The normalized spacial score (nSPS) is 13.0. The number of carbonyl (C=O) groups is 2. The Labute approximate surface area is 164 Å². The molecular weight excluding hydrogens is 401 g/mol. The third-order valence-corrected chi connectivity index (χ3v) is 5.91. The largest absolute Gasteiger partial charge is 0.504 e. The van der Waals surface area contributed by atoms with Gasteiger partial charge < -0.3 is 10.2 Å². The Morgan fingerprint density at radius 3 is 2.00 bits per heavy atom. The Morgan fingerprint density at radius 1 is 0.793 bits per heavy atom. The third-order valence-electron chi connectivity index (χ3n) is 4.53. The zero-order valence-corrected chi connectivity index (χ0v) is 15.3. The Balaban J connectivity index is 1.84. The number of benzene rings is 3. The fraction of sp³-hybridized carbons (Fsp3) is 0. The molecule has 0 atom stereocenters. The molecule has 0 unspecified atom stereocenters. The maximum absolute atomic E-state index is 13.1. The van der Waals surface area contributed by atoms with Crippen molar-refractivity contribution >= 4 is 27.3 Å². The first-order valence-corrected chi connectivity index (χ1v) is 9.75. The molecule has 0 bridgehead atoms. The number of hydrogen-bond acceptors (Lipinski definition) is 6. The van der Waals surface area contributed by atoms with E-state index in [1.807, 2.05) is 4.72 Å². The third kappa shape index (κ3) is 2.92. The minimum atomic E-state index is -4.27. The van der Waals surface area contributed by atoms with Crippen LogP contribution in [0.4, 0.5) is 10.1 Å². The van der Waals surface area contributed by atoms with Crippen molar-refractivity contribution in [2.45, 2.75) is 4.90 Å². The van der Waals surface area contributed by atoms with Crippen LogP contribution >= 0.6 is 0 Å². The highest BCUT2D eigenvalue weighted by molar-refractivity contribution is 7.92. The summed E-state index contributed by atoms with van der Waals surface area (Å²) in [4.78, 5) is 25.2. The maximum atomic E-state index is 13.1. The number of nitrogens with one attached hydrogen (secondary N) is 1. The summed E-state index contributed by atoms with van der Waals surface area (Å²) in [7, 11) is -4.27. The van der Waals surface area contributed by atoms with Gasteiger partial charge in [-0.15, -0.1) is 0 Å². The number of hydrogen-bond donors (Lipinski definition) is 3. The van der Waals surface area contributed by atoms with E-state index in [2.05, 4.69) is 0 Å². The molecule has 3 aromatic carbocycles. The second-order valence-electron chi connectivity index (χ2n) is 6.31. The van der Waals surface area contributed by atoms with Gasteiger partial charge in [0.05, 0.1) is 16.1 Å². The summed E-state index contributed by atoms with van der Waals surface area (Å²) in [5.41, 5.74) is -0.982. The Morgan fingerprint density at radius 2 is 1.38 bits per heavy atom. The van der Waals surface area contributed by atoms with E-state index in [0.29, 0.717) is 0 Å². The summed E-state index contributed by atoms with van der Waals surface area (Å²) in [6, 6.07) is 10.9. The molecule has 3 aromatic rings. The monoisotopic (exact) mass is 413 g/mol. The van der Waals surface area contributed by atoms with Gasteiger partial charge in [0, 0.05) is 16.7 Å². The van der Waals surface area contributed by atoms with Gasteiger partial charge in [0.15, 0.2) is 23.1 Å². The zero-order valence-electron chi connectivity index (χ0n) is 14.5. The molecule has 146 valence electrons. The highest BCUT2D eigenvalue weighted by Crippen LogP contribution is 2.43. The molecule has 3 N–H and O–H groups in total. The summed E-state index contributed by atoms with van der Waals surface area (Å²) in [5.74, 6) is -3.73. The molecule has 1 aliphatic rings. The number of anilines is 1. The van der Waals surface area contributed by atoms with Crippen molar-refractivity contribution in [2.75, 3.05) is 4.72 Å². The van der Waals surface area contributed by atoms with Crippen LogP contribution in [0.5, 0.6) is 11.5 Å². The summed E-state index contributed by atoms with van der Waals surface area (Å²) < 4.78 is 40.1. The van der Waals surface area contributed by atoms with Crippen LogP contribution in [0.15, 0.2) is 59.5 Å². The summed E-state index contributed by atoms with van der Waals surface area (Å²) in [6.45, 7) is 0. The molecule has 0 spiro atoms. The van der Waals surface area contributed by atoms with Crippen LogP contribution < -0.4 is 4.72 Å². The fourth-order valence-corrected chi connectivity index (χ4v) is 4.18. The van der Waals surface area contributed by atoms with Gasteiger partial charge in [-0.2, -0.15) is 0 Å². The average Bonchev–Trinajstić information content (AvgIpc) is 2.70. The van der Waals surface area contributed by atoms with E-state index in [1.165, 1.54) is 12.1 Å². The number of carbonyl (C=O) groups excluding carboxylic acids is 2. The quantitative estimate of drug-likeness (QED) is 0.444. The number of phenols is 2. The Hall–Kier alpha value is -3.72. The second-order valence-corrected chi connectivity index (χ2v) is 7.99. The molecule has 9 heteroatoms. The Bertz CT molecular complexity index is 1300. The molecular formula is C20H12FNO6S. The van der Waals surface area contributed by atoms with Gasteiger partial charge in [-0.3, -0.25) is 14.3 Å². The van der Waals surface area contributed by atoms with E-state index in [-0.39, 0.29) is 21.6 Å². The first kappa shape index (κ1) is 18.6. The van der Waals surface area contributed by atoms with Crippen LogP contribution in [-0.2, 0) is 10.0 Å². The molecule has 0 aromatic heterocycles. The molecule has 0 saturated heterocycles. The molecule has 0 aliphatic heterocycles. The van der Waals surface area contributed by atoms with Crippen molar-refractivity contribution in [3.05, 3.63) is 82.7 Å². The lowest BCUT2D eigenvalue weighted by molar-refractivity contribution is 0.0976. The number of halogens is 1. The standard InChI is InChI=1S/C20H12FNO6S/c21-10-5-7-11(8-6-10)29(27,28)22-15-9-14-16(20(26)19(15)25)18(24)13-4-2-1-3-12(13)17(14)23/h1-9,22,25-26H. The zero-order chi connectivity index (χ0) is 20.9. The van der Waals surface area contributed by atoms with Crippen LogP contribution in [0.1, 0.15) is 31.8 Å². The topological polar surface area (TPSA) is 121 Å².